The van der Waals surface area contributed by atoms with E-state index in [2.05, 4.69) is 0 Å². The summed E-state index contributed by atoms with van der Waals surface area (Å²) < 4.78 is 10.0. The molecule has 0 heterocycles. The normalized spacial score (nSPS) is 11.4. The Labute approximate surface area is 86.8 Å². The van der Waals surface area contributed by atoms with E-state index in [1.807, 2.05) is 20.8 Å². The highest BCUT2D eigenvalue weighted by molar-refractivity contribution is 5.75. The Morgan fingerprint density at radius 1 is 1.07 bits per heavy atom. The van der Waals surface area contributed by atoms with Crippen LogP contribution in [0.15, 0.2) is 0 Å². The lowest BCUT2D eigenvalue weighted by Gasteiger charge is -2.16. The Morgan fingerprint density at radius 3 is 2.14 bits per heavy atom. The molecule has 3 nitrogen and oxygen atoms in total. The van der Waals surface area contributed by atoms with E-state index >= 15 is 0 Å². The summed E-state index contributed by atoms with van der Waals surface area (Å²) >= 11 is 0. The molecule has 0 aliphatic rings. The van der Waals surface area contributed by atoms with Crippen LogP contribution in [-0.2, 0) is 14.3 Å². The number of hydrogen-bond donors (Lipinski definition) is 0. The molecule has 0 aromatic carbocycles. The Bertz CT molecular complexity index is 158. The second kappa shape index (κ2) is 6.82. The molecule has 0 bridgehead atoms. The van der Waals surface area contributed by atoms with Crippen LogP contribution >= 0.6 is 0 Å². The van der Waals surface area contributed by atoms with Crippen molar-refractivity contribution in [1.82, 2.24) is 0 Å². The lowest BCUT2D eigenvalue weighted by atomic mass is 9.97. The molecular formula is C11H22O3. The van der Waals surface area contributed by atoms with E-state index in [1.165, 1.54) is 0 Å². The predicted octanol–water partition coefficient (Wildman–Crippen LogP) is 2.39. The zero-order valence-electron chi connectivity index (χ0n) is 9.76. The van der Waals surface area contributed by atoms with E-state index in [-0.39, 0.29) is 11.4 Å². The standard InChI is InChI=1S/C11H22O3/c1-11(2,3)10(12)14-9-7-5-6-8-13-4/h5-9H2,1-4H3. The second-order valence-electron chi connectivity index (χ2n) is 4.44. The Morgan fingerprint density at radius 2 is 1.64 bits per heavy atom. The quantitative estimate of drug-likeness (QED) is 0.490. The number of carbonyl (C=O) groups excluding carboxylic acids is 1. The molecule has 0 saturated heterocycles. The fourth-order valence-corrected chi connectivity index (χ4v) is 0.907. The van der Waals surface area contributed by atoms with Gasteiger partial charge in [-0.1, -0.05) is 0 Å². The largest absolute Gasteiger partial charge is 0.465 e. The molecule has 0 aromatic rings. The van der Waals surface area contributed by atoms with Crippen LogP contribution < -0.4 is 0 Å². The summed E-state index contributed by atoms with van der Waals surface area (Å²) in [6.07, 6.45) is 3.00. The minimum absolute atomic E-state index is 0.121. The molecule has 0 N–H and O–H groups in total. The maximum atomic E-state index is 11.3. The second-order valence-corrected chi connectivity index (χ2v) is 4.44. The van der Waals surface area contributed by atoms with Gasteiger partial charge in [0.25, 0.3) is 0 Å². The number of carbonyl (C=O) groups is 1. The lowest BCUT2D eigenvalue weighted by molar-refractivity contribution is -0.153. The number of esters is 1. The van der Waals surface area contributed by atoms with Crippen LogP contribution in [0.25, 0.3) is 0 Å². The summed E-state index contributed by atoms with van der Waals surface area (Å²) in [5, 5.41) is 0. The molecule has 0 aliphatic heterocycles. The number of methoxy groups -OCH3 is 1. The summed E-state index contributed by atoms with van der Waals surface area (Å²) in [6.45, 7) is 6.90. The highest BCUT2D eigenvalue weighted by Gasteiger charge is 2.22. The zero-order chi connectivity index (χ0) is 11.0. The Kier molecular flexibility index (Phi) is 6.54. The molecule has 0 fully saturated rings. The van der Waals surface area contributed by atoms with E-state index < -0.39 is 0 Å². The van der Waals surface area contributed by atoms with E-state index in [0.717, 1.165) is 25.9 Å². The smallest absolute Gasteiger partial charge is 0.311 e. The van der Waals surface area contributed by atoms with Gasteiger partial charge in [0.2, 0.25) is 0 Å². The fraction of sp³-hybridized carbons (Fsp3) is 0.909. The van der Waals surface area contributed by atoms with Crippen LogP contribution in [0.4, 0.5) is 0 Å². The first kappa shape index (κ1) is 13.4. The lowest BCUT2D eigenvalue weighted by Crippen LogP contribution is -2.23. The topological polar surface area (TPSA) is 35.5 Å². The molecule has 0 saturated carbocycles. The third-order valence-corrected chi connectivity index (χ3v) is 1.84. The van der Waals surface area contributed by atoms with Crippen molar-refractivity contribution in [2.45, 2.75) is 40.0 Å². The van der Waals surface area contributed by atoms with E-state index in [0.29, 0.717) is 6.61 Å². The molecule has 14 heavy (non-hydrogen) atoms. The van der Waals surface area contributed by atoms with E-state index in [4.69, 9.17) is 9.47 Å². The fourth-order valence-electron chi connectivity index (χ4n) is 0.907. The van der Waals surface area contributed by atoms with Crippen molar-refractivity contribution < 1.29 is 14.3 Å². The van der Waals surface area contributed by atoms with Crippen molar-refractivity contribution in [3.63, 3.8) is 0 Å². The minimum atomic E-state index is -0.382. The van der Waals surface area contributed by atoms with Crippen LogP contribution in [-0.4, -0.2) is 26.3 Å². The minimum Gasteiger partial charge on any atom is -0.465 e. The molecule has 0 spiro atoms. The van der Waals surface area contributed by atoms with Gasteiger partial charge in [-0.2, -0.15) is 0 Å². The first-order chi connectivity index (χ1) is 6.48. The van der Waals surface area contributed by atoms with Crippen molar-refractivity contribution in [3.05, 3.63) is 0 Å². The van der Waals surface area contributed by atoms with E-state index in [9.17, 15) is 4.79 Å². The summed E-state index contributed by atoms with van der Waals surface area (Å²) in [4.78, 5) is 11.3. The summed E-state index contributed by atoms with van der Waals surface area (Å²) in [5.41, 5.74) is -0.382. The van der Waals surface area contributed by atoms with Crippen molar-refractivity contribution in [1.29, 1.82) is 0 Å². The van der Waals surface area contributed by atoms with Crippen molar-refractivity contribution in [2.75, 3.05) is 20.3 Å². The van der Waals surface area contributed by atoms with Gasteiger partial charge in [0.05, 0.1) is 12.0 Å². The molecule has 0 radical (unpaired) electrons. The molecule has 0 rings (SSSR count). The number of unbranched alkanes of at least 4 members (excludes halogenated alkanes) is 2. The molecule has 3 heteroatoms. The van der Waals surface area contributed by atoms with Crippen LogP contribution in [0.1, 0.15) is 40.0 Å². The van der Waals surface area contributed by atoms with Gasteiger partial charge >= 0.3 is 5.97 Å². The molecule has 0 aliphatic carbocycles. The van der Waals surface area contributed by atoms with Gasteiger partial charge in [-0.05, 0) is 40.0 Å². The van der Waals surface area contributed by atoms with Gasteiger partial charge in [-0.3, -0.25) is 4.79 Å². The molecule has 84 valence electrons. The predicted molar refractivity (Wildman–Crippen MR) is 56.1 cm³/mol. The summed E-state index contributed by atoms with van der Waals surface area (Å²) in [6, 6.07) is 0. The summed E-state index contributed by atoms with van der Waals surface area (Å²) in [7, 11) is 1.69. The van der Waals surface area contributed by atoms with Crippen molar-refractivity contribution in [3.8, 4) is 0 Å². The first-order valence-corrected chi connectivity index (χ1v) is 5.14. The number of rotatable bonds is 6. The molecule has 0 atom stereocenters. The molecular weight excluding hydrogens is 180 g/mol. The SMILES string of the molecule is COCCCCCOC(=O)C(C)(C)C. The summed E-state index contributed by atoms with van der Waals surface area (Å²) in [5.74, 6) is -0.121. The Hall–Kier alpha value is -0.570. The van der Waals surface area contributed by atoms with Crippen molar-refractivity contribution in [2.24, 2.45) is 5.41 Å². The zero-order valence-corrected chi connectivity index (χ0v) is 9.76. The molecule has 0 unspecified atom stereocenters. The van der Waals surface area contributed by atoms with Gasteiger partial charge in [0.1, 0.15) is 0 Å². The van der Waals surface area contributed by atoms with E-state index in [1.54, 1.807) is 7.11 Å². The van der Waals surface area contributed by atoms with Crippen LogP contribution in [0.3, 0.4) is 0 Å². The highest BCUT2D eigenvalue weighted by atomic mass is 16.5. The molecule has 0 amide bonds. The maximum absolute atomic E-state index is 11.3. The Balaban J connectivity index is 3.33. The van der Waals surface area contributed by atoms with Crippen LogP contribution in [0, 0.1) is 5.41 Å². The highest BCUT2D eigenvalue weighted by Crippen LogP contribution is 2.15. The average Bonchev–Trinajstić information content (AvgIpc) is 2.09. The maximum Gasteiger partial charge on any atom is 0.311 e. The van der Waals surface area contributed by atoms with Crippen molar-refractivity contribution >= 4 is 5.97 Å². The van der Waals surface area contributed by atoms with Gasteiger partial charge in [0, 0.05) is 13.7 Å². The van der Waals surface area contributed by atoms with Gasteiger partial charge in [-0.25, -0.2) is 0 Å². The third kappa shape index (κ3) is 6.89. The first-order valence-electron chi connectivity index (χ1n) is 5.14. The molecule has 0 aromatic heterocycles. The van der Waals surface area contributed by atoms with Gasteiger partial charge in [-0.15, -0.1) is 0 Å². The van der Waals surface area contributed by atoms with Crippen LogP contribution in [0.2, 0.25) is 0 Å². The third-order valence-electron chi connectivity index (χ3n) is 1.84. The number of hydrogen-bond acceptors (Lipinski definition) is 3. The monoisotopic (exact) mass is 202 g/mol. The van der Waals surface area contributed by atoms with Crippen LogP contribution in [0.5, 0.6) is 0 Å². The number of ether oxygens (including phenoxy) is 2. The van der Waals surface area contributed by atoms with Gasteiger partial charge < -0.3 is 9.47 Å². The van der Waals surface area contributed by atoms with Gasteiger partial charge in [0.15, 0.2) is 0 Å². The average molecular weight is 202 g/mol.